The summed E-state index contributed by atoms with van der Waals surface area (Å²) in [6.07, 6.45) is 5.29. The average Bonchev–Trinajstić information content (AvgIpc) is 3.06. The van der Waals surface area contributed by atoms with Gasteiger partial charge in [-0.15, -0.1) is 11.3 Å². The number of carbonyl (C=O) groups excluding carboxylic acids is 1. The first-order valence-electron chi connectivity index (χ1n) is 9.20. The summed E-state index contributed by atoms with van der Waals surface area (Å²) in [6, 6.07) is 7.83. The van der Waals surface area contributed by atoms with Crippen LogP contribution in [0.1, 0.15) is 35.8 Å². The molecule has 0 unspecified atom stereocenters. The van der Waals surface area contributed by atoms with Crippen molar-refractivity contribution in [3.63, 3.8) is 0 Å². The molecule has 27 heavy (non-hydrogen) atoms. The fourth-order valence-electron chi connectivity index (χ4n) is 3.37. The minimum absolute atomic E-state index is 0.0857. The van der Waals surface area contributed by atoms with Crippen molar-refractivity contribution in [1.82, 2.24) is 9.97 Å². The zero-order valence-electron chi connectivity index (χ0n) is 15.1. The molecule has 2 aromatic heterocycles. The number of aryl methyl sites for hydroxylation is 3. The highest BCUT2D eigenvalue weighted by molar-refractivity contribution is 7.99. The molecule has 1 aliphatic rings. The summed E-state index contributed by atoms with van der Waals surface area (Å²) in [5, 5.41) is 4.13. The third kappa shape index (κ3) is 3.94. The molecule has 5 nitrogen and oxygen atoms in total. The summed E-state index contributed by atoms with van der Waals surface area (Å²) >= 11 is 2.88. The van der Waals surface area contributed by atoms with Crippen molar-refractivity contribution in [2.24, 2.45) is 0 Å². The maximum Gasteiger partial charge on any atom is 0.260 e. The van der Waals surface area contributed by atoms with Crippen molar-refractivity contribution >= 4 is 44.9 Å². The summed E-state index contributed by atoms with van der Waals surface area (Å²) in [4.78, 5) is 34.2. The number of nitrogens with one attached hydrogen (secondary N) is 2. The summed E-state index contributed by atoms with van der Waals surface area (Å²) in [5.41, 5.74) is 3.11. The molecule has 0 spiro atoms. The van der Waals surface area contributed by atoms with Gasteiger partial charge in [-0.05, 0) is 55.4 Å². The molecule has 1 aliphatic carbocycles. The van der Waals surface area contributed by atoms with Crippen LogP contribution in [0, 0.1) is 0 Å². The van der Waals surface area contributed by atoms with Crippen molar-refractivity contribution in [3.8, 4) is 0 Å². The number of rotatable bonds is 5. The van der Waals surface area contributed by atoms with E-state index in [0.29, 0.717) is 5.16 Å². The van der Waals surface area contributed by atoms with Crippen LogP contribution in [-0.4, -0.2) is 21.6 Å². The van der Waals surface area contributed by atoms with E-state index < -0.39 is 0 Å². The first-order valence-corrected chi connectivity index (χ1v) is 11.0. The molecule has 1 amide bonds. The standard InChI is InChI=1S/C20H21N3O2S2/c1-2-12-7-9-13(10-8-12)21-16(24)11-26-20-22-18(25)17-14-5-3-4-6-15(14)27-19(17)23-20/h7-10H,2-6,11H2,1H3,(H,21,24)(H,22,23,25). The number of hydrogen-bond acceptors (Lipinski definition) is 5. The zero-order valence-corrected chi connectivity index (χ0v) is 16.8. The average molecular weight is 400 g/mol. The number of thiophene rings is 1. The van der Waals surface area contributed by atoms with Gasteiger partial charge in [0.15, 0.2) is 5.16 Å². The van der Waals surface area contributed by atoms with Crippen molar-refractivity contribution in [2.45, 2.75) is 44.2 Å². The number of aromatic nitrogens is 2. The Morgan fingerprint density at radius 1 is 1.26 bits per heavy atom. The molecule has 0 atom stereocenters. The van der Waals surface area contributed by atoms with Crippen molar-refractivity contribution in [1.29, 1.82) is 0 Å². The largest absolute Gasteiger partial charge is 0.325 e. The Labute approximate surface area is 165 Å². The number of carbonyl (C=O) groups is 1. The Kier molecular flexibility index (Phi) is 5.31. The lowest BCUT2D eigenvalue weighted by Gasteiger charge is -2.09. The number of anilines is 1. The van der Waals surface area contributed by atoms with Crippen LogP contribution in [0.4, 0.5) is 5.69 Å². The van der Waals surface area contributed by atoms with Gasteiger partial charge < -0.3 is 10.3 Å². The van der Waals surface area contributed by atoms with Crippen LogP contribution < -0.4 is 10.9 Å². The van der Waals surface area contributed by atoms with Gasteiger partial charge in [-0.3, -0.25) is 9.59 Å². The van der Waals surface area contributed by atoms with Gasteiger partial charge in [0.25, 0.3) is 5.56 Å². The maximum absolute atomic E-state index is 12.5. The van der Waals surface area contributed by atoms with Crippen molar-refractivity contribution in [2.75, 3.05) is 11.1 Å². The lowest BCUT2D eigenvalue weighted by Crippen LogP contribution is -2.15. The van der Waals surface area contributed by atoms with E-state index in [2.05, 4.69) is 22.2 Å². The van der Waals surface area contributed by atoms with E-state index in [9.17, 15) is 9.59 Å². The Hall–Kier alpha value is -2.12. The number of amides is 1. The number of fused-ring (bicyclic) bond motifs is 3. The number of nitrogens with zero attached hydrogens (tertiary/aromatic N) is 1. The Balaban J connectivity index is 1.45. The molecule has 7 heteroatoms. The van der Waals surface area contributed by atoms with Gasteiger partial charge in [-0.25, -0.2) is 4.98 Å². The predicted molar refractivity (Wildman–Crippen MR) is 112 cm³/mol. The number of hydrogen-bond donors (Lipinski definition) is 2. The molecule has 0 radical (unpaired) electrons. The van der Waals surface area contributed by atoms with Gasteiger partial charge in [0.2, 0.25) is 5.91 Å². The van der Waals surface area contributed by atoms with Gasteiger partial charge in [-0.1, -0.05) is 30.8 Å². The Bertz CT molecular complexity index is 1040. The van der Waals surface area contributed by atoms with Crippen LogP contribution in [0.2, 0.25) is 0 Å². The number of aromatic amines is 1. The lowest BCUT2D eigenvalue weighted by atomic mass is 9.97. The molecule has 4 rings (SSSR count). The van der Waals surface area contributed by atoms with Crippen LogP contribution >= 0.6 is 23.1 Å². The van der Waals surface area contributed by atoms with Gasteiger partial charge in [-0.2, -0.15) is 0 Å². The van der Waals surface area contributed by atoms with Gasteiger partial charge in [0.05, 0.1) is 11.1 Å². The van der Waals surface area contributed by atoms with E-state index in [0.717, 1.165) is 41.6 Å². The fourth-order valence-corrected chi connectivity index (χ4v) is 5.35. The molecule has 140 valence electrons. The highest BCUT2D eigenvalue weighted by atomic mass is 32.2. The molecule has 0 aliphatic heterocycles. The molecule has 0 fully saturated rings. The van der Waals surface area contributed by atoms with Crippen LogP contribution in [0.25, 0.3) is 10.2 Å². The molecule has 0 saturated heterocycles. The highest BCUT2D eigenvalue weighted by Gasteiger charge is 2.20. The molecule has 2 N–H and O–H groups in total. The number of thioether (sulfide) groups is 1. The molecule has 2 heterocycles. The molecular formula is C20H21N3O2S2. The minimum atomic E-state index is -0.113. The van der Waals surface area contributed by atoms with E-state index >= 15 is 0 Å². The number of benzene rings is 1. The second-order valence-corrected chi connectivity index (χ2v) is 8.70. The summed E-state index contributed by atoms with van der Waals surface area (Å²) in [6.45, 7) is 2.10. The van der Waals surface area contributed by atoms with Crippen molar-refractivity contribution < 1.29 is 4.79 Å². The van der Waals surface area contributed by atoms with Crippen LogP contribution in [-0.2, 0) is 24.1 Å². The van der Waals surface area contributed by atoms with E-state index in [1.165, 1.54) is 34.2 Å². The van der Waals surface area contributed by atoms with E-state index in [1.54, 1.807) is 11.3 Å². The molecule has 0 saturated carbocycles. The van der Waals surface area contributed by atoms with Crippen LogP contribution in [0.5, 0.6) is 0 Å². The highest BCUT2D eigenvalue weighted by Crippen LogP contribution is 2.34. The second-order valence-electron chi connectivity index (χ2n) is 6.65. The number of H-pyrrole nitrogens is 1. The van der Waals surface area contributed by atoms with E-state index in [4.69, 9.17) is 0 Å². The van der Waals surface area contributed by atoms with Gasteiger partial charge in [0, 0.05) is 10.6 Å². The van der Waals surface area contributed by atoms with Crippen LogP contribution in [0.15, 0.2) is 34.2 Å². The Morgan fingerprint density at radius 3 is 2.81 bits per heavy atom. The van der Waals surface area contributed by atoms with Gasteiger partial charge >= 0.3 is 0 Å². The Morgan fingerprint density at radius 2 is 2.04 bits per heavy atom. The third-order valence-corrected chi connectivity index (χ3v) is 6.85. The summed E-state index contributed by atoms with van der Waals surface area (Å²) in [5.74, 6) is 0.0900. The van der Waals surface area contributed by atoms with E-state index in [-0.39, 0.29) is 17.2 Å². The van der Waals surface area contributed by atoms with E-state index in [1.807, 2.05) is 24.3 Å². The zero-order chi connectivity index (χ0) is 18.8. The first-order chi connectivity index (χ1) is 13.1. The fraction of sp³-hybridized carbons (Fsp3) is 0.350. The lowest BCUT2D eigenvalue weighted by molar-refractivity contribution is -0.113. The summed E-state index contributed by atoms with van der Waals surface area (Å²) < 4.78 is 0. The smallest absolute Gasteiger partial charge is 0.260 e. The van der Waals surface area contributed by atoms with Gasteiger partial charge in [0.1, 0.15) is 4.83 Å². The SMILES string of the molecule is CCc1ccc(NC(=O)CSc2nc3sc4c(c3c(=O)[nH]2)CCCC4)cc1. The topological polar surface area (TPSA) is 74.8 Å². The normalized spacial score (nSPS) is 13.5. The summed E-state index contributed by atoms with van der Waals surface area (Å²) in [7, 11) is 0. The molecule has 0 bridgehead atoms. The first kappa shape index (κ1) is 18.3. The molecule has 1 aromatic carbocycles. The monoisotopic (exact) mass is 399 g/mol. The maximum atomic E-state index is 12.5. The quantitative estimate of drug-likeness (QED) is 0.499. The third-order valence-electron chi connectivity index (χ3n) is 4.79. The predicted octanol–water partition coefficient (Wildman–Crippen LogP) is 4.16. The second kappa shape index (κ2) is 7.86. The van der Waals surface area contributed by atoms with Crippen molar-refractivity contribution in [3.05, 3.63) is 50.6 Å². The minimum Gasteiger partial charge on any atom is -0.325 e. The molecular weight excluding hydrogens is 378 g/mol. The molecule has 3 aromatic rings. The van der Waals surface area contributed by atoms with Crippen LogP contribution in [0.3, 0.4) is 0 Å².